The van der Waals surface area contributed by atoms with Crippen LogP contribution in [0.15, 0.2) is 186 Å². The van der Waals surface area contributed by atoms with Gasteiger partial charge >= 0.3 is 0 Å². The smallest absolute Gasteiger partial charge is 0.137 e. The van der Waals surface area contributed by atoms with Crippen LogP contribution in [0, 0.1) is 0 Å². The highest BCUT2D eigenvalue weighted by molar-refractivity contribution is 7.26. The van der Waals surface area contributed by atoms with E-state index in [1.54, 1.807) is 0 Å². The number of hydrogen-bond acceptors (Lipinski definition) is 4. The van der Waals surface area contributed by atoms with Gasteiger partial charge in [-0.3, -0.25) is 0 Å². The van der Waals surface area contributed by atoms with Gasteiger partial charge in [0.25, 0.3) is 0 Å². The molecule has 0 bridgehead atoms. The second kappa shape index (κ2) is 12.1. The lowest BCUT2D eigenvalue weighted by Crippen LogP contribution is -2.10. The Kier molecular flexibility index (Phi) is 7.00. The first-order valence-electron chi connectivity index (χ1n) is 17.1. The summed E-state index contributed by atoms with van der Waals surface area (Å²) in [5.74, 6) is 0. The number of benzene rings is 7. The third-order valence-corrected chi connectivity index (χ3v) is 10.9. The van der Waals surface area contributed by atoms with E-state index in [1.807, 2.05) is 17.4 Å². The zero-order valence-electron chi connectivity index (χ0n) is 27.5. The lowest BCUT2D eigenvalue weighted by Gasteiger charge is -2.26. The highest BCUT2D eigenvalue weighted by Gasteiger charge is 2.22. The maximum Gasteiger partial charge on any atom is 0.137 e. The Morgan fingerprint density at radius 3 is 1.88 bits per heavy atom. The topological polar surface area (TPSA) is 29.3 Å². The molecule has 3 aromatic heterocycles. The summed E-state index contributed by atoms with van der Waals surface area (Å²) < 4.78 is 9.12. The molecule has 0 fully saturated rings. The summed E-state index contributed by atoms with van der Waals surface area (Å²) in [5.41, 5.74) is 11.2. The molecule has 0 aliphatic carbocycles. The first kappa shape index (κ1) is 29.4. The number of furan rings is 1. The summed E-state index contributed by atoms with van der Waals surface area (Å²) in [4.78, 5) is 7.63. The van der Waals surface area contributed by atoms with E-state index in [0.29, 0.717) is 0 Å². The quantitative estimate of drug-likeness (QED) is 0.176. The Labute approximate surface area is 299 Å². The summed E-state index contributed by atoms with van der Waals surface area (Å²) >= 11 is 1.84. The van der Waals surface area contributed by atoms with Gasteiger partial charge in [-0.05, 0) is 77.9 Å². The Morgan fingerprint density at radius 1 is 0.431 bits per heavy atom. The maximum absolute atomic E-state index is 6.58. The normalized spacial score (nSPS) is 11.5. The molecule has 0 saturated carbocycles. The van der Waals surface area contributed by atoms with E-state index in [1.165, 1.54) is 20.2 Å². The van der Waals surface area contributed by atoms with Crippen LogP contribution in [-0.2, 0) is 0 Å². The molecule has 0 N–H and O–H groups in total. The Bertz CT molecular complexity index is 2800. The van der Waals surface area contributed by atoms with Gasteiger partial charge in [0.05, 0.1) is 32.8 Å². The molecule has 0 aliphatic rings. The minimum absolute atomic E-state index is 0.844. The van der Waals surface area contributed by atoms with Gasteiger partial charge in [-0.15, -0.1) is 11.3 Å². The number of pyridine rings is 1. The summed E-state index contributed by atoms with van der Waals surface area (Å²) in [6, 6.07) is 64.2. The van der Waals surface area contributed by atoms with Crippen molar-refractivity contribution < 1.29 is 4.42 Å². The van der Waals surface area contributed by atoms with Crippen molar-refractivity contribution in [3.8, 4) is 33.6 Å². The van der Waals surface area contributed by atoms with Gasteiger partial charge in [-0.2, -0.15) is 0 Å². The minimum Gasteiger partial charge on any atom is -0.456 e. The predicted molar refractivity (Wildman–Crippen MR) is 215 cm³/mol. The van der Waals surface area contributed by atoms with Crippen molar-refractivity contribution >= 4 is 70.5 Å². The lowest BCUT2D eigenvalue weighted by molar-refractivity contribution is 0.669. The summed E-state index contributed by atoms with van der Waals surface area (Å²) in [7, 11) is 0. The van der Waals surface area contributed by atoms with Gasteiger partial charge in [0, 0.05) is 37.7 Å². The van der Waals surface area contributed by atoms with Crippen LogP contribution in [0.5, 0.6) is 0 Å². The van der Waals surface area contributed by atoms with Crippen molar-refractivity contribution in [2.24, 2.45) is 0 Å². The summed E-state index contributed by atoms with van der Waals surface area (Å²) in [6.45, 7) is 0. The van der Waals surface area contributed by atoms with Crippen LogP contribution in [0.3, 0.4) is 0 Å². The molecule has 4 heteroatoms. The van der Waals surface area contributed by atoms with Crippen LogP contribution in [0.25, 0.3) is 75.8 Å². The number of hydrogen-bond donors (Lipinski definition) is 0. The average molecular weight is 671 g/mol. The first-order valence-corrected chi connectivity index (χ1v) is 17.9. The molecule has 3 nitrogen and oxygen atoms in total. The molecule has 0 amide bonds. The Hall–Kier alpha value is -6.49. The lowest BCUT2D eigenvalue weighted by atomic mass is 9.99. The fraction of sp³-hybridized carbons (Fsp3) is 0. The third-order valence-electron chi connectivity index (χ3n) is 9.65. The van der Waals surface area contributed by atoms with Crippen LogP contribution < -0.4 is 4.90 Å². The molecule has 0 radical (unpaired) electrons. The third kappa shape index (κ3) is 5.08. The van der Waals surface area contributed by atoms with Gasteiger partial charge in [-0.25, -0.2) is 4.98 Å². The van der Waals surface area contributed by atoms with Gasteiger partial charge < -0.3 is 9.32 Å². The molecule has 7 aromatic carbocycles. The van der Waals surface area contributed by atoms with Crippen molar-refractivity contribution in [1.29, 1.82) is 0 Å². The largest absolute Gasteiger partial charge is 0.456 e. The van der Waals surface area contributed by atoms with E-state index >= 15 is 0 Å². The number of nitrogens with zero attached hydrogens (tertiary/aromatic N) is 2. The van der Waals surface area contributed by atoms with Crippen LogP contribution in [0.2, 0.25) is 0 Å². The molecule has 0 atom stereocenters. The van der Waals surface area contributed by atoms with E-state index < -0.39 is 0 Å². The van der Waals surface area contributed by atoms with Crippen LogP contribution >= 0.6 is 11.3 Å². The molecule has 0 saturated heterocycles. The Balaban J connectivity index is 1.21. The molecule has 3 heterocycles. The molecular weight excluding hydrogens is 641 g/mol. The first-order chi connectivity index (χ1) is 25.3. The van der Waals surface area contributed by atoms with E-state index in [-0.39, 0.29) is 0 Å². The summed E-state index contributed by atoms with van der Waals surface area (Å²) in [6.07, 6.45) is 0. The standard InChI is InChI=1S/C47H30N2OS/c1-4-14-31(15-5-1)34-29-39(32-16-6-2-7-17-32)48-40(30-34)33-26-27-43-38(28-33)46-41(22-13-24-44(46)50-43)49(35-18-8-3-9-19-35)42-23-12-21-37-36-20-10-11-25-45(36)51-47(37)42/h1-30H. The van der Waals surface area contributed by atoms with Crippen molar-refractivity contribution in [1.82, 2.24) is 4.98 Å². The maximum atomic E-state index is 6.58. The molecule has 51 heavy (non-hydrogen) atoms. The average Bonchev–Trinajstić information content (AvgIpc) is 3.78. The highest BCUT2D eigenvalue weighted by atomic mass is 32.1. The van der Waals surface area contributed by atoms with Gasteiger partial charge in [0.1, 0.15) is 11.2 Å². The Morgan fingerprint density at radius 2 is 1.08 bits per heavy atom. The summed E-state index contributed by atoms with van der Waals surface area (Å²) in [5, 5.41) is 4.66. The number of para-hydroxylation sites is 1. The molecule has 10 rings (SSSR count). The second-order valence-corrected chi connectivity index (χ2v) is 13.8. The number of aromatic nitrogens is 1. The number of anilines is 3. The number of thiophene rings is 1. The van der Waals surface area contributed by atoms with E-state index in [9.17, 15) is 0 Å². The molecule has 0 aliphatic heterocycles. The number of fused-ring (bicyclic) bond motifs is 6. The fourth-order valence-corrected chi connectivity index (χ4v) is 8.49. The van der Waals surface area contributed by atoms with Crippen molar-refractivity contribution in [2.45, 2.75) is 0 Å². The van der Waals surface area contributed by atoms with E-state index in [2.05, 4.69) is 181 Å². The van der Waals surface area contributed by atoms with Crippen molar-refractivity contribution in [3.63, 3.8) is 0 Å². The molecule has 240 valence electrons. The second-order valence-electron chi connectivity index (χ2n) is 12.7. The van der Waals surface area contributed by atoms with Crippen LogP contribution in [0.1, 0.15) is 0 Å². The molecule has 0 unspecified atom stereocenters. The molecule has 0 spiro atoms. The van der Waals surface area contributed by atoms with E-state index in [4.69, 9.17) is 9.40 Å². The zero-order valence-corrected chi connectivity index (χ0v) is 28.3. The monoisotopic (exact) mass is 670 g/mol. The SMILES string of the molecule is c1ccc(-c2cc(-c3ccccc3)nc(-c3ccc4oc5cccc(N(c6ccccc6)c6cccc7c6sc6ccccc67)c5c4c3)c2)cc1. The minimum atomic E-state index is 0.844. The van der Waals surface area contributed by atoms with Gasteiger partial charge in [0.15, 0.2) is 0 Å². The molecule has 10 aromatic rings. The van der Waals surface area contributed by atoms with Crippen LogP contribution in [0.4, 0.5) is 17.1 Å². The van der Waals surface area contributed by atoms with E-state index in [0.717, 1.165) is 72.6 Å². The van der Waals surface area contributed by atoms with Gasteiger partial charge in [-0.1, -0.05) is 115 Å². The predicted octanol–water partition coefficient (Wildman–Crippen LogP) is 13.8. The van der Waals surface area contributed by atoms with Gasteiger partial charge in [0.2, 0.25) is 0 Å². The van der Waals surface area contributed by atoms with Crippen LogP contribution in [-0.4, -0.2) is 4.98 Å². The fourth-order valence-electron chi connectivity index (χ4n) is 7.28. The molecular formula is C47H30N2OS. The number of rotatable bonds is 6. The highest BCUT2D eigenvalue weighted by Crippen LogP contribution is 2.48. The van der Waals surface area contributed by atoms with Crippen molar-refractivity contribution in [2.75, 3.05) is 4.90 Å². The zero-order chi connectivity index (χ0) is 33.7. The van der Waals surface area contributed by atoms with Crippen molar-refractivity contribution in [3.05, 3.63) is 182 Å².